The molecule has 0 aliphatic rings. The molecule has 3 nitrogen and oxygen atoms in total. The SMILES string of the molecule is Oc1ccc(-c2ccc3nccnc3c2)cc1. The fourth-order valence-corrected chi connectivity index (χ4v) is 1.80. The lowest BCUT2D eigenvalue weighted by Gasteiger charge is -2.03. The van der Waals surface area contributed by atoms with Crippen LogP contribution in [0, 0.1) is 0 Å². The van der Waals surface area contributed by atoms with Gasteiger partial charge >= 0.3 is 0 Å². The molecule has 3 aromatic rings. The zero-order valence-electron chi connectivity index (χ0n) is 9.04. The minimum atomic E-state index is 0.273. The highest BCUT2D eigenvalue weighted by molar-refractivity contribution is 5.81. The number of hydrogen-bond acceptors (Lipinski definition) is 3. The summed E-state index contributed by atoms with van der Waals surface area (Å²) in [6.07, 6.45) is 3.37. The van der Waals surface area contributed by atoms with E-state index >= 15 is 0 Å². The van der Waals surface area contributed by atoms with Crippen molar-refractivity contribution in [2.45, 2.75) is 0 Å². The highest BCUT2D eigenvalue weighted by Gasteiger charge is 2.00. The van der Waals surface area contributed by atoms with Crippen LogP contribution in [0.2, 0.25) is 0 Å². The van der Waals surface area contributed by atoms with Crippen molar-refractivity contribution in [2.24, 2.45) is 0 Å². The van der Waals surface area contributed by atoms with E-state index in [1.165, 1.54) is 0 Å². The Bertz CT molecular complexity index is 662. The number of fused-ring (bicyclic) bond motifs is 1. The van der Waals surface area contributed by atoms with Crippen molar-refractivity contribution in [3.63, 3.8) is 0 Å². The molecular formula is C14H10N2O. The Hall–Kier alpha value is -2.42. The number of phenolic OH excluding ortho intramolecular Hbond substituents is 1. The van der Waals surface area contributed by atoms with Crippen LogP contribution in [0.4, 0.5) is 0 Å². The molecule has 1 heterocycles. The molecule has 0 bridgehead atoms. The normalized spacial score (nSPS) is 10.6. The van der Waals surface area contributed by atoms with Crippen molar-refractivity contribution in [1.29, 1.82) is 0 Å². The topological polar surface area (TPSA) is 46.0 Å². The van der Waals surface area contributed by atoms with Gasteiger partial charge in [0, 0.05) is 12.4 Å². The van der Waals surface area contributed by atoms with Crippen molar-refractivity contribution >= 4 is 11.0 Å². The summed E-state index contributed by atoms with van der Waals surface area (Å²) < 4.78 is 0. The summed E-state index contributed by atoms with van der Waals surface area (Å²) in [6.45, 7) is 0. The van der Waals surface area contributed by atoms with Crippen LogP contribution in [0.25, 0.3) is 22.2 Å². The standard InChI is InChI=1S/C14H10N2O/c17-12-4-1-10(2-5-12)11-3-6-13-14(9-11)16-8-7-15-13/h1-9,17H. The first-order valence-electron chi connectivity index (χ1n) is 5.33. The first kappa shape index (κ1) is 9.78. The number of aromatic hydroxyl groups is 1. The van der Waals surface area contributed by atoms with Crippen LogP contribution < -0.4 is 0 Å². The molecule has 2 aromatic carbocycles. The molecule has 0 amide bonds. The monoisotopic (exact) mass is 222 g/mol. The number of aromatic nitrogens is 2. The van der Waals surface area contributed by atoms with Gasteiger partial charge in [-0.15, -0.1) is 0 Å². The third-order valence-corrected chi connectivity index (χ3v) is 2.67. The lowest BCUT2D eigenvalue weighted by Crippen LogP contribution is -1.83. The van der Waals surface area contributed by atoms with E-state index in [-0.39, 0.29) is 5.75 Å². The smallest absolute Gasteiger partial charge is 0.115 e. The molecule has 82 valence electrons. The summed E-state index contributed by atoms with van der Waals surface area (Å²) in [5.74, 6) is 0.273. The van der Waals surface area contributed by atoms with Gasteiger partial charge in [-0.25, -0.2) is 0 Å². The van der Waals surface area contributed by atoms with E-state index < -0.39 is 0 Å². The maximum atomic E-state index is 9.25. The molecule has 3 rings (SSSR count). The largest absolute Gasteiger partial charge is 0.508 e. The highest BCUT2D eigenvalue weighted by Crippen LogP contribution is 2.24. The molecule has 0 atom stereocenters. The molecule has 1 N–H and O–H groups in total. The maximum absolute atomic E-state index is 9.25. The molecule has 0 saturated carbocycles. The van der Waals surface area contributed by atoms with E-state index in [0.29, 0.717) is 0 Å². The summed E-state index contributed by atoms with van der Waals surface area (Å²) in [5, 5.41) is 9.25. The molecule has 1 aromatic heterocycles. The van der Waals surface area contributed by atoms with Gasteiger partial charge in [0.2, 0.25) is 0 Å². The Labute approximate surface area is 98.4 Å². The van der Waals surface area contributed by atoms with Crippen molar-refractivity contribution in [1.82, 2.24) is 9.97 Å². The molecule has 0 radical (unpaired) electrons. The zero-order chi connectivity index (χ0) is 11.7. The van der Waals surface area contributed by atoms with E-state index in [1.54, 1.807) is 24.5 Å². The average molecular weight is 222 g/mol. The van der Waals surface area contributed by atoms with Crippen LogP contribution >= 0.6 is 0 Å². The summed E-state index contributed by atoms with van der Waals surface area (Å²) in [4.78, 5) is 8.50. The van der Waals surface area contributed by atoms with Crippen molar-refractivity contribution in [2.75, 3.05) is 0 Å². The van der Waals surface area contributed by atoms with Gasteiger partial charge in [0.25, 0.3) is 0 Å². The van der Waals surface area contributed by atoms with Gasteiger partial charge < -0.3 is 5.11 Å². The third-order valence-electron chi connectivity index (χ3n) is 2.67. The fraction of sp³-hybridized carbons (Fsp3) is 0. The van der Waals surface area contributed by atoms with Crippen LogP contribution in [0.15, 0.2) is 54.9 Å². The van der Waals surface area contributed by atoms with E-state index in [1.807, 2.05) is 30.3 Å². The van der Waals surface area contributed by atoms with Gasteiger partial charge in [0.05, 0.1) is 11.0 Å². The van der Waals surface area contributed by atoms with Gasteiger partial charge in [-0.2, -0.15) is 0 Å². The Morgan fingerprint density at radius 1 is 0.706 bits per heavy atom. The molecule has 0 unspecified atom stereocenters. The van der Waals surface area contributed by atoms with Gasteiger partial charge in [-0.1, -0.05) is 18.2 Å². The second-order valence-electron chi connectivity index (χ2n) is 3.81. The van der Waals surface area contributed by atoms with Crippen LogP contribution in [0.3, 0.4) is 0 Å². The van der Waals surface area contributed by atoms with E-state index in [0.717, 1.165) is 22.2 Å². The van der Waals surface area contributed by atoms with Gasteiger partial charge in [0.1, 0.15) is 5.75 Å². The fourth-order valence-electron chi connectivity index (χ4n) is 1.80. The van der Waals surface area contributed by atoms with Crippen LogP contribution in [-0.4, -0.2) is 15.1 Å². The van der Waals surface area contributed by atoms with Crippen LogP contribution in [0.5, 0.6) is 5.75 Å². The Balaban J connectivity index is 2.14. The lowest BCUT2D eigenvalue weighted by molar-refractivity contribution is 0.475. The molecule has 0 aliphatic heterocycles. The first-order chi connectivity index (χ1) is 8.33. The summed E-state index contributed by atoms with van der Waals surface area (Å²) in [6, 6.07) is 13.1. The van der Waals surface area contributed by atoms with Crippen molar-refractivity contribution in [3.05, 3.63) is 54.9 Å². The number of hydrogen-bond donors (Lipinski definition) is 1. The minimum Gasteiger partial charge on any atom is -0.508 e. The second-order valence-corrected chi connectivity index (χ2v) is 3.81. The predicted molar refractivity (Wildman–Crippen MR) is 66.6 cm³/mol. The van der Waals surface area contributed by atoms with Crippen molar-refractivity contribution < 1.29 is 5.11 Å². The summed E-state index contributed by atoms with van der Waals surface area (Å²) >= 11 is 0. The number of nitrogens with zero attached hydrogens (tertiary/aromatic N) is 2. The predicted octanol–water partition coefficient (Wildman–Crippen LogP) is 3.00. The van der Waals surface area contributed by atoms with E-state index in [9.17, 15) is 5.11 Å². The number of rotatable bonds is 1. The van der Waals surface area contributed by atoms with Crippen molar-refractivity contribution in [3.8, 4) is 16.9 Å². The van der Waals surface area contributed by atoms with Crippen LogP contribution in [-0.2, 0) is 0 Å². The maximum Gasteiger partial charge on any atom is 0.115 e. The second kappa shape index (κ2) is 3.87. The molecular weight excluding hydrogens is 212 g/mol. The minimum absolute atomic E-state index is 0.273. The molecule has 0 saturated heterocycles. The molecule has 0 fully saturated rings. The number of phenols is 1. The Kier molecular flexibility index (Phi) is 2.22. The van der Waals surface area contributed by atoms with E-state index in [4.69, 9.17) is 0 Å². The number of benzene rings is 2. The lowest BCUT2D eigenvalue weighted by atomic mass is 10.0. The molecule has 17 heavy (non-hydrogen) atoms. The van der Waals surface area contributed by atoms with Gasteiger partial charge in [-0.3, -0.25) is 9.97 Å². The molecule has 3 heteroatoms. The van der Waals surface area contributed by atoms with Crippen LogP contribution in [0.1, 0.15) is 0 Å². The van der Waals surface area contributed by atoms with Gasteiger partial charge in [-0.05, 0) is 35.4 Å². The summed E-state index contributed by atoms with van der Waals surface area (Å²) in [5.41, 5.74) is 3.88. The third kappa shape index (κ3) is 1.83. The molecule has 0 spiro atoms. The Morgan fingerprint density at radius 3 is 2.12 bits per heavy atom. The average Bonchev–Trinajstić information content (AvgIpc) is 2.39. The Morgan fingerprint density at radius 2 is 1.35 bits per heavy atom. The molecule has 0 aliphatic carbocycles. The van der Waals surface area contributed by atoms with E-state index in [2.05, 4.69) is 9.97 Å². The quantitative estimate of drug-likeness (QED) is 0.688. The zero-order valence-corrected chi connectivity index (χ0v) is 9.04. The van der Waals surface area contributed by atoms with Gasteiger partial charge in [0.15, 0.2) is 0 Å². The first-order valence-corrected chi connectivity index (χ1v) is 5.33. The highest BCUT2D eigenvalue weighted by atomic mass is 16.3. The summed E-state index contributed by atoms with van der Waals surface area (Å²) in [7, 11) is 0.